The third-order valence-corrected chi connectivity index (χ3v) is 5.80. The molecular weight excluding hydrogens is 461 g/mol. The van der Waals surface area contributed by atoms with Gasteiger partial charge in [-0.2, -0.15) is 0 Å². The SMILES string of the molecule is Cc1c(C(=O)NOC2CCCCO2)nc(-c2ccc(Cl)cc2Cl)n1-c1ccc(Cl)cc1. The first-order chi connectivity index (χ1) is 14.9. The Morgan fingerprint density at radius 2 is 1.87 bits per heavy atom. The summed E-state index contributed by atoms with van der Waals surface area (Å²) in [4.78, 5) is 22.9. The van der Waals surface area contributed by atoms with E-state index in [0.29, 0.717) is 38.8 Å². The molecule has 1 saturated heterocycles. The van der Waals surface area contributed by atoms with Gasteiger partial charge in [-0.15, -0.1) is 0 Å². The second-order valence-electron chi connectivity index (χ2n) is 7.15. The molecule has 0 bridgehead atoms. The van der Waals surface area contributed by atoms with E-state index in [9.17, 15) is 4.79 Å². The minimum atomic E-state index is -0.467. The number of ether oxygens (including phenoxy) is 1. The molecule has 31 heavy (non-hydrogen) atoms. The van der Waals surface area contributed by atoms with E-state index in [-0.39, 0.29) is 5.69 Å². The van der Waals surface area contributed by atoms with Gasteiger partial charge in [-0.25, -0.2) is 15.3 Å². The van der Waals surface area contributed by atoms with Crippen LogP contribution in [0.4, 0.5) is 0 Å². The lowest BCUT2D eigenvalue weighted by atomic mass is 10.2. The Bertz CT molecular complexity index is 1090. The zero-order valence-electron chi connectivity index (χ0n) is 16.7. The van der Waals surface area contributed by atoms with Crippen molar-refractivity contribution in [3.63, 3.8) is 0 Å². The van der Waals surface area contributed by atoms with Gasteiger partial charge >= 0.3 is 0 Å². The number of aromatic nitrogens is 2. The van der Waals surface area contributed by atoms with Crippen molar-refractivity contribution < 1.29 is 14.4 Å². The number of benzene rings is 2. The number of imidazole rings is 1. The third kappa shape index (κ3) is 4.89. The fourth-order valence-corrected chi connectivity index (χ4v) is 4.06. The van der Waals surface area contributed by atoms with Gasteiger partial charge < -0.3 is 4.74 Å². The molecule has 1 N–H and O–H groups in total. The summed E-state index contributed by atoms with van der Waals surface area (Å²) in [5.74, 6) is 0.0336. The number of nitrogens with zero attached hydrogens (tertiary/aromatic N) is 2. The quantitative estimate of drug-likeness (QED) is 0.455. The van der Waals surface area contributed by atoms with Crippen molar-refractivity contribution in [2.45, 2.75) is 32.5 Å². The van der Waals surface area contributed by atoms with Gasteiger partial charge in [-0.3, -0.25) is 9.36 Å². The molecule has 0 aliphatic carbocycles. The highest BCUT2D eigenvalue weighted by molar-refractivity contribution is 6.36. The van der Waals surface area contributed by atoms with Crippen molar-refractivity contribution in [1.82, 2.24) is 15.0 Å². The van der Waals surface area contributed by atoms with Gasteiger partial charge in [0.15, 0.2) is 12.0 Å². The molecule has 2 heterocycles. The summed E-state index contributed by atoms with van der Waals surface area (Å²) in [5.41, 5.74) is 4.73. The van der Waals surface area contributed by atoms with Crippen LogP contribution < -0.4 is 5.48 Å². The summed E-state index contributed by atoms with van der Waals surface area (Å²) in [7, 11) is 0. The number of amides is 1. The molecule has 9 heteroatoms. The number of hydrogen-bond acceptors (Lipinski definition) is 4. The van der Waals surface area contributed by atoms with Crippen LogP contribution in [-0.4, -0.2) is 28.4 Å². The Morgan fingerprint density at radius 1 is 1.13 bits per heavy atom. The molecule has 1 aliphatic heterocycles. The second-order valence-corrected chi connectivity index (χ2v) is 8.43. The second kappa shape index (κ2) is 9.59. The van der Waals surface area contributed by atoms with Crippen molar-refractivity contribution in [1.29, 1.82) is 0 Å². The van der Waals surface area contributed by atoms with Gasteiger partial charge in [0.05, 0.1) is 10.7 Å². The van der Waals surface area contributed by atoms with Crippen LogP contribution in [-0.2, 0) is 9.57 Å². The molecular formula is C22H20Cl3N3O3. The van der Waals surface area contributed by atoms with E-state index in [1.807, 2.05) is 16.7 Å². The minimum Gasteiger partial charge on any atom is -0.350 e. The largest absolute Gasteiger partial charge is 0.350 e. The van der Waals surface area contributed by atoms with Crippen molar-refractivity contribution in [3.05, 3.63) is 68.9 Å². The first-order valence-corrected chi connectivity index (χ1v) is 11.0. The van der Waals surface area contributed by atoms with Crippen molar-refractivity contribution in [2.75, 3.05) is 6.61 Å². The first kappa shape index (κ1) is 22.1. The molecule has 1 atom stereocenters. The van der Waals surface area contributed by atoms with Crippen LogP contribution in [0.25, 0.3) is 17.1 Å². The summed E-state index contributed by atoms with van der Waals surface area (Å²) in [6.07, 6.45) is 2.25. The Labute approximate surface area is 195 Å². The highest BCUT2D eigenvalue weighted by Gasteiger charge is 2.24. The summed E-state index contributed by atoms with van der Waals surface area (Å²) < 4.78 is 7.34. The predicted octanol–water partition coefficient (Wildman–Crippen LogP) is 6.00. The van der Waals surface area contributed by atoms with E-state index in [0.717, 1.165) is 24.9 Å². The lowest BCUT2D eigenvalue weighted by Crippen LogP contribution is -2.33. The summed E-state index contributed by atoms with van der Waals surface area (Å²) >= 11 is 18.6. The van der Waals surface area contributed by atoms with Crippen LogP contribution in [0.2, 0.25) is 15.1 Å². The lowest BCUT2D eigenvalue weighted by molar-refractivity contribution is -0.186. The van der Waals surface area contributed by atoms with E-state index in [4.69, 9.17) is 44.4 Å². The molecule has 1 aliphatic rings. The molecule has 0 spiro atoms. The zero-order chi connectivity index (χ0) is 22.0. The molecule has 4 rings (SSSR count). The lowest BCUT2D eigenvalue weighted by Gasteiger charge is -2.21. The standard InChI is InChI=1S/C22H20Cl3N3O3/c1-13-20(22(29)27-31-19-4-2-3-11-30-19)26-21(17-10-7-15(24)12-18(17)25)28(13)16-8-5-14(23)6-9-16/h5-10,12,19H,2-4,11H2,1H3,(H,27,29). The topological polar surface area (TPSA) is 65.4 Å². The van der Waals surface area contributed by atoms with Crippen LogP contribution in [0.15, 0.2) is 42.5 Å². The number of carbonyl (C=O) groups excluding carboxylic acids is 1. The summed E-state index contributed by atoms with van der Waals surface area (Å²) in [5, 5.41) is 1.53. The fraction of sp³-hybridized carbons (Fsp3) is 0.273. The number of hydroxylamine groups is 1. The van der Waals surface area contributed by atoms with E-state index >= 15 is 0 Å². The first-order valence-electron chi connectivity index (χ1n) is 9.82. The number of hydrogen-bond donors (Lipinski definition) is 1. The van der Waals surface area contributed by atoms with E-state index in [2.05, 4.69) is 10.5 Å². The van der Waals surface area contributed by atoms with Crippen LogP contribution in [0.1, 0.15) is 35.4 Å². The van der Waals surface area contributed by atoms with Crippen LogP contribution in [0.3, 0.4) is 0 Å². The summed E-state index contributed by atoms with van der Waals surface area (Å²) in [6.45, 7) is 2.42. The molecule has 1 unspecified atom stereocenters. The fourth-order valence-electron chi connectivity index (χ4n) is 3.45. The normalized spacial score (nSPS) is 16.3. The van der Waals surface area contributed by atoms with Crippen molar-refractivity contribution in [3.8, 4) is 17.1 Å². The molecule has 1 aromatic heterocycles. The van der Waals surface area contributed by atoms with Crippen molar-refractivity contribution in [2.24, 2.45) is 0 Å². The number of rotatable bonds is 5. The average molecular weight is 481 g/mol. The van der Waals surface area contributed by atoms with Gasteiger partial charge in [0, 0.05) is 34.3 Å². The molecule has 1 amide bonds. The average Bonchev–Trinajstić information content (AvgIpc) is 3.10. The van der Waals surface area contributed by atoms with Crippen LogP contribution in [0, 0.1) is 6.92 Å². The molecule has 3 aromatic rings. The Hall–Kier alpha value is -2.09. The molecule has 6 nitrogen and oxygen atoms in total. The third-order valence-electron chi connectivity index (χ3n) is 5.00. The Morgan fingerprint density at radius 3 is 2.55 bits per heavy atom. The molecule has 0 saturated carbocycles. The van der Waals surface area contributed by atoms with Gasteiger partial charge in [-0.05, 0) is 62.2 Å². The smallest absolute Gasteiger partial charge is 0.295 e. The van der Waals surface area contributed by atoms with E-state index in [1.165, 1.54) is 0 Å². The zero-order valence-corrected chi connectivity index (χ0v) is 19.0. The van der Waals surface area contributed by atoms with Crippen molar-refractivity contribution >= 4 is 40.7 Å². The van der Waals surface area contributed by atoms with E-state index < -0.39 is 12.2 Å². The van der Waals surface area contributed by atoms with Gasteiger partial charge in [0.2, 0.25) is 0 Å². The Balaban J connectivity index is 1.72. The molecule has 162 valence electrons. The molecule has 2 aromatic carbocycles. The van der Waals surface area contributed by atoms with Crippen LogP contribution in [0.5, 0.6) is 0 Å². The minimum absolute atomic E-state index is 0.215. The predicted molar refractivity (Wildman–Crippen MR) is 121 cm³/mol. The van der Waals surface area contributed by atoms with Gasteiger partial charge in [0.1, 0.15) is 5.82 Å². The van der Waals surface area contributed by atoms with E-state index in [1.54, 1.807) is 37.3 Å². The van der Waals surface area contributed by atoms with Gasteiger partial charge in [0.25, 0.3) is 5.91 Å². The highest BCUT2D eigenvalue weighted by Crippen LogP contribution is 2.33. The summed E-state index contributed by atoms with van der Waals surface area (Å²) in [6, 6.07) is 12.4. The highest BCUT2D eigenvalue weighted by atomic mass is 35.5. The maximum absolute atomic E-state index is 12.9. The Kier molecular flexibility index (Phi) is 6.84. The number of halogens is 3. The monoisotopic (exact) mass is 479 g/mol. The molecule has 1 fully saturated rings. The van der Waals surface area contributed by atoms with Gasteiger partial charge in [-0.1, -0.05) is 34.8 Å². The number of nitrogens with one attached hydrogen (secondary N) is 1. The van der Waals surface area contributed by atoms with Crippen LogP contribution >= 0.6 is 34.8 Å². The molecule has 0 radical (unpaired) electrons. The number of carbonyl (C=O) groups is 1. The maximum Gasteiger partial charge on any atom is 0.295 e. The maximum atomic E-state index is 12.9.